The Labute approximate surface area is 121 Å². The largest absolute Gasteiger partial charge is 0.477 e. The molecule has 2 rings (SSSR count). The van der Waals surface area contributed by atoms with E-state index in [2.05, 4.69) is 14.8 Å². The van der Waals surface area contributed by atoms with Crippen LogP contribution in [0.1, 0.15) is 27.4 Å². The van der Waals surface area contributed by atoms with E-state index in [0.29, 0.717) is 11.4 Å². The molecule has 0 radical (unpaired) electrons. The number of sulfonamides is 1. The first-order valence-electron chi connectivity index (χ1n) is 6.13. The molecule has 0 saturated heterocycles. The summed E-state index contributed by atoms with van der Waals surface area (Å²) in [5.74, 6) is -1.19. The van der Waals surface area contributed by atoms with Crippen molar-refractivity contribution in [3.05, 3.63) is 34.9 Å². The van der Waals surface area contributed by atoms with Crippen molar-refractivity contribution in [2.75, 3.05) is 0 Å². The van der Waals surface area contributed by atoms with Crippen molar-refractivity contribution >= 4 is 16.0 Å². The average Bonchev–Trinajstić information content (AvgIpc) is 2.91. The third-order valence-electron chi connectivity index (χ3n) is 3.22. The molecular weight excluding hydrogens is 296 g/mol. The second-order valence-corrected chi connectivity index (χ2v) is 6.36. The molecule has 0 bridgehead atoms. The van der Waals surface area contributed by atoms with Crippen molar-refractivity contribution in [3.8, 4) is 0 Å². The fourth-order valence-electron chi connectivity index (χ4n) is 2.17. The highest BCUT2D eigenvalue weighted by Crippen LogP contribution is 2.23. The first-order chi connectivity index (χ1) is 9.74. The Kier molecular flexibility index (Phi) is 3.88. The predicted molar refractivity (Wildman–Crippen MR) is 74.5 cm³/mol. The Bertz CT molecular complexity index is 788. The summed E-state index contributed by atoms with van der Waals surface area (Å²) in [7, 11) is -2.11. The lowest BCUT2D eigenvalue weighted by atomic mass is 10.2. The Morgan fingerprint density at radius 1 is 1.48 bits per heavy atom. The number of hydrogen-bond donors (Lipinski definition) is 3. The normalized spacial score (nSPS) is 11.8. The van der Waals surface area contributed by atoms with E-state index in [-0.39, 0.29) is 22.7 Å². The van der Waals surface area contributed by atoms with Gasteiger partial charge in [0.1, 0.15) is 10.6 Å². The number of aromatic carboxylic acids is 1. The van der Waals surface area contributed by atoms with E-state index in [1.165, 1.54) is 13.8 Å². The molecular formula is C12H16N4O4S. The predicted octanol–water partition coefficient (Wildman–Crippen LogP) is 0.542. The van der Waals surface area contributed by atoms with Gasteiger partial charge in [-0.15, -0.1) is 0 Å². The van der Waals surface area contributed by atoms with Gasteiger partial charge in [0.05, 0.1) is 12.2 Å². The maximum absolute atomic E-state index is 12.4. The number of hydrogen-bond acceptors (Lipinski definition) is 4. The quantitative estimate of drug-likeness (QED) is 0.745. The molecule has 0 aliphatic carbocycles. The zero-order valence-electron chi connectivity index (χ0n) is 11.8. The molecule has 2 aromatic rings. The number of nitrogens with zero attached hydrogens (tertiary/aromatic N) is 2. The van der Waals surface area contributed by atoms with Crippen molar-refractivity contribution in [1.29, 1.82) is 0 Å². The minimum atomic E-state index is -3.81. The third kappa shape index (κ3) is 2.83. The molecule has 0 aliphatic rings. The summed E-state index contributed by atoms with van der Waals surface area (Å²) in [6, 6.07) is 1.70. The highest BCUT2D eigenvalue weighted by molar-refractivity contribution is 7.89. The summed E-state index contributed by atoms with van der Waals surface area (Å²) in [5, 5.41) is 13.0. The van der Waals surface area contributed by atoms with Crippen LogP contribution in [0.15, 0.2) is 17.2 Å². The van der Waals surface area contributed by atoms with Gasteiger partial charge in [0.2, 0.25) is 10.0 Å². The summed E-state index contributed by atoms with van der Waals surface area (Å²) >= 11 is 0. The van der Waals surface area contributed by atoms with Crippen LogP contribution in [0.5, 0.6) is 0 Å². The van der Waals surface area contributed by atoms with Crippen LogP contribution in [-0.2, 0) is 23.6 Å². The molecule has 0 unspecified atom stereocenters. The molecule has 0 saturated carbocycles. The molecule has 0 spiro atoms. The standard InChI is InChI=1S/C12H16N4O4S/c1-7-10(12(17)18)15-8(2)11(7)21(19,20)14-6-9-4-5-13-16(9)3/h4-5,14-15H,6H2,1-3H3,(H,17,18). The number of H-pyrrole nitrogens is 1. The van der Waals surface area contributed by atoms with Crippen LogP contribution >= 0.6 is 0 Å². The monoisotopic (exact) mass is 312 g/mol. The number of carboxylic acids is 1. The van der Waals surface area contributed by atoms with E-state index in [9.17, 15) is 13.2 Å². The van der Waals surface area contributed by atoms with E-state index < -0.39 is 16.0 Å². The third-order valence-corrected chi connectivity index (χ3v) is 4.89. The van der Waals surface area contributed by atoms with Gasteiger partial charge in [-0.05, 0) is 19.9 Å². The van der Waals surface area contributed by atoms with Crippen LogP contribution in [0.3, 0.4) is 0 Å². The first-order valence-corrected chi connectivity index (χ1v) is 7.61. The Morgan fingerprint density at radius 3 is 2.62 bits per heavy atom. The number of carbonyl (C=O) groups is 1. The highest BCUT2D eigenvalue weighted by Gasteiger charge is 2.26. The van der Waals surface area contributed by atoms with Gasteiger partial charge in [-0.1, -0.05) is 0 Å². The van der Waals surface area contributed by atoms with Crippen LogP contribution in [-0.4, -0.2) is 34.3 Å². The van der Waals surface area contributed by atoms with E-state index in [1.807, 2.05) is 0 Å². The van der Waals surface area contributed by atoms with Crippen LogP contribution in [0.25, 0.3) is 0 Å². The van der Waals surface area contributed by atoms with Crippen LogP contribution in [0.4, 0.5) is 0 Å². The van der Waals surface area contributed by atoms with Crippen molar-refractivity contribution in [2.24, 2.45) is 7.05 Å². The van der Waals surface area contributed by atoms with Crippen LogP contribution in [0, 0.1) is 13.8 Å². The molecule has 8 nitrogen and oxygen atoms in total. The molecule has 0 aliphatic heterocycles. The molecule has 0 amide bonds. The van der Waals surface area contributed by atoms with E-state index in [0.717, 1.165) is 0 Å². The number of aromatic amines is 1. The fraction of sp³-hybridized carbons (Fsp3) is 0.333. The molecule has 3 N–H and O–H groups in total. The minimum absolute atomic E-state index is 0.0259. The number of aryl methyl sites for hydroxylation is 2. The number of rotatable bonds is 5. The lowest BCUT2D eigenvalue weighted by Gasteiger charge is -2.08. The molecule has 2 aromatic heterocycles. The van der Waals surface area contributed by atoms with Crippen LogP contribution < -0.4 is 4.72 Å². The summed E-state index contributed by atoms with van der Waals surface area (Å²) in [4.78, 5) is 13.6. The summed E-state index contributed by atoms with van der Waals surface area (Å²) < 4.78 is 28.7. The first kappa shape index (κ1) is 15.3. The summed E-state index contributed by atoms with van der Waals surface area (Å²) in [6.07, 6.45) is 1.57. The van der Waals surface area contributed by atoms with E-state index in [1.54, 1.807) is 24.0 Å². The molecule has 0 fully saturated rings. The number of nitrogens with one attached hydrogen (secondary N) is 2. The summed E-state index contributed by atoms with van der Waals surface area (Å²) in [6.45, 7) is 3.06. The second kappa shape index (κ2) is 5.34. The topological polar surface area (TPSA) is 117 Å². The van der Waals surface area contributed by atoms with Gasteiger partial charge in [-0.25, -0.2) is 17.9 Å². The zero-order chi connectivity index (χ0) is 15.8. The highest BCUT2D eigenvalue weighted by atomic mass is 32.2. The van der Waals surface area contributed by atoms with Crippen molar-refractivity contribution in [1.82, 2.24) is 19.5 Å². The SMILES string of the molecule is Cc1[nH]c(C(=O)O)c(C)c1S(=O)(=O)NCc1ccnn1C. The Balaban J connectivity index is 2.32. The molecule has 0 aromatic carbocycles. The van der Waals surface area contributed by atoms with Crippen LogP contribution in [0.2, 0.25) is 0 Å². The van der Waals surface area contributed by atoms with Gasteiger partial charge >= 0.3 is 5.97 Å². The zero-order valence-corrected chi connectivity index (χ0v) is 12.7. The smallest absolute Gasteiger partial charge is 0.352 e. The molecule has 0 atom stereocenters. The van der Waals surface area contributed by atoms with Crippen molar-refractivity contribution in [2.45, 2.75) is 25.3 Å². The number of aromatic nitrogens is 3. The molecule has 2 heterocycles. The minimum Gasteiger partial charge on any atom is -0.477 e. The van der Waals surface area contributed by atoms with Gasteiger partial charge in [0.15, 0.2) is 0 Å². The second-order valence-electron chi connectivity index (χ2n) is 4.65. The Hall–Kier alpha value is -2.13. The maximum Gasteiger partial charge on any atom is 0.352 e. The lowest BCUT2D eigenvalue weighted by Crippen LogP contribution is -2.25. The van der Waals surface area contributed by atoms with Gasteiger partial charge in [0.25, 0.3) is 0 Å². The average molecular weight is 312 g/mol. The van der Waals surface area contributed by atoms with Gasteiger partial charge in [-0.3, -0.25) is 4.68 Å². The summed E-state index contributed by atoms with van der Waals surface area (Å²) in [5.41, 5.74) is 1.07. The Morgan fingerprint density at radius 2 is 2.14 bits per heavy atom. The van der Waals surface area contributed by atoms with Gasteiger partial charge < -0.3 is 10.1 Å². The van der Waals surface area contributed by atoms with Gasteiger partial charge in [-0.2, -0.15) is 5.10 Å². The van der Waals surface area contributed by atoms with Crippen molar-refractivity contribution in [3.63, 3.8) is 0 Å². The molecule has 114 valence electrons. The van der Waals surface area contributed by atoms with Gasteiger partial charge in [0, 0.05) is 24.5 Å². The fourth-order valence-corrected chi connectivity index (χ4v) is 3.61. The molecule has 21 heavy (non-hydrogen) atoms. The molecule has 9 heteroatoms. The number of carboxylic acid groups (broad SMARTS) is 1. The van der Waals surface area contributed by atoms with E-state index >= 15 is 0 Å². The maximum atomic E-state index is 12.4. The van der Waals surface area contributed by atoms with E-state index in [4.69, 9.17) is 5.11 Å². The lowest BCUT2D eigenvalue weighted by molar-refractivity contribution is 0.0690. The van der Waals surface area contributed by atoms with Crippen molar-refractivity contribution < 1.29 is 18.3 Å².